The number of hydrogen-bond acceptors (Lipinski definition) is 4. The predicted octanol–water partition coefficient (Wildman–Crippen LogP) is 5.12. The number of benzene rings is 2. The quantitative estimate of drug-likeness (QED) is 0.571. The second-order valence-corrected chi connectivity index (χ2v) is 8.24. The summed E-state index contributed by atoms with van der Waals surface area (Å²) in [6, 6.07) is 8.04. The molecule has 1 saturated heterocycles. The van der Waals surface area contributed by atoms with E-state index < -0.39 is 23.4 Å². The molecule has 2 aromatic carbocycles. The molecule has 168 valence electrons. The van der Waals surface area contributed by atoms with Gasteiger partial charge in [0.1, 0.15) is 22.8 Å². The highest BCUT2D eigenvalue weighted by Crippen LogP contribution is 2.33. The summed E-state index contributed by atoms with van der Waals surface area (Å²) >= 11 is 6.14. The van der Waals surface area contributed by atoms with Gasteiger partial charge in [-0.2, -0.15) is 0 Å². The maximum Gasteiger partial charge on any atom is 0.257 e. The summed E-state index contributed by atoms with van der Waals surface area (Å²) in [5, 5.41) is 6.98. The third-order valence-electron chi connectivity index (χ3n) is 5.60. The molecule has 4 rings (SSSR count). The van der Waals surface area contributed by atoms with Crippen LogP contribution in [0.15, 0.2) is 40.9 Å². The first-order valence-corrected chi connectivity index (χ1v) is 10.6. The number of carbonyl (C=O) groups is 1. The molecule has 1 aromatic heterocycles. The number of hydrogen-bond donors (Lipinski definition) is 1. The van der Waals surface area contributed by atoms with Crippen LogP contribution in [0.5, 0.6) is 0 Å². The second kappa shape index (κ2) is 9.34. The summed E-state index contributed by atoms with van der Waals surface area (Å²) in [4.78, 5) is 15.1. The molecular weight excluding hydrogens is 443 g/mol. The monoisotopic (exact) mass is 463 g/mol. The minimum Gasteiger partial charge on any atom is -0.360 e. The Balaban J connectivity index is 1.41. The zero-order valence-electron chi connectivity index (χ0n) is 17.3. The van der Waals surface area contributed by atoms with Gasteiger partial charge in [-0.05, 0) is 49.6 Å². The van der Waals surface area contributed by atoms with Crippen LogP contribution in [0.25, 0.3) is 11.3 Å². The fourth-order valence-electron chi connectivity index (χ4n) is 3.92. The molecule has 0 unspecified atom stereocenters. The molecule has 0 radical (unpaired) electrons. The average molecular weight is 464 g/mol. The van der Waals surface area contributed by atoms with E-state index >= 15 is 0 Å². The van der Waals surface area contributed by atoms with Gasteiger partial charge in [-0.25, -0.2) is 13.2 Å². The number of aryl methyl sites for hydroxylation is 1. The van der Waals surface area contributed by atoms with Gasteiger partial charge in [0, 0.05) is 25.7 Å². The van der Waals surface area contributed by atoms with Gasteiger partial charge in [-0.1, -0.05) is 28.9 Å². The molecule has 5 nitrogen and oxygen atoms in total. The first-order chi connectivity index (χ1) is 15.3. The molecule has 2 heterocycles. The summed E-state index contributed by atoms with van der Waals surface area (Å²) in [5.74, 6) is -2.45. The van der Waals surface area contributed by atoms with E-state index in [1.54, 1.807) is 13.0 Å². The zero-order chi connectivity index (χ0) is 22.8. The number of halogens is 4. The molecule has 0 saturated carbocycles. The summed E-state index contributed by atoms with van der Waals surface area (Å²) < 4.78 is 46.1. The largest absolute Gasteiger partial charge is 0.360 e. The standard InChI is InChI=1S/C23H21ClF3N3O2/c1-13-20(22(29-32-13)21-16(24)3-2-4-18(21)26)23(31)28-15-7-9-30(10-8-15)12-14-5-6-17(25)19(27)11-14/h2-6,11,15H,7-10,12H2,1H3,(H,28,31). The molecule has 1 amide bonds. The minimum atomic E-state index is -0.866. The highest BCUT2D eigenvalue weighted by Gasteiger charge is 2.28. The summed E-state index contributed by atoms with van der Waals surface area (Å²) in [5.41, 5.74) is 0.940. The van der Waals surface area contributed by atoms with Crippen LogP contribution in [0, 0.1) is 24.4 Å². The van der Waals surface area contributed by atoms with Crippen molar-refractivity contribution in [2.45, 2.75) is 32.4 Å². The van der Waals surface area contributed by atoms with Crippen molar-refractivity contribution in [2.24, 2.45) is 0 Å². The Kier molecular flexibility index (Phi) is 6.53. The zero-order valence-corrected chi connectivity index (χ0v) is 18.1. The average Bonchev–Trinajstić information content (AvgIpc) is 3.13. The Labute approximate surface area is 188 Å². The van der Waals surface area contributed by atoms with Gasteiger partial charge in [-0.3, -0.25) is 9.69 Å². The molecule has 0 spiro atoms. The second-order valence-electron chi connectivity index (χ2n) is 7.83. The number of aromatic nitrogens is 1. The van der Waals surface area contributed by atoms with Gasteiger partial charge in [0.05, 0.1) is 10.6 Å². The number of amides is 1. The third-order valence-corrected chi connectivity index (χ3v) is 5.92. The lowest BCUT2D eigenvalue weighted by molar-refractivity contribution is 0.0908. The molecule has 0 bridgehead atoms. The van der Waals surface area contributed by atoms with Crippen LogP contribution >= 0.6 is 11.6 Å². The van der Waals surface area contributed by atoms with Crippen molar-refractivity contribution in [3.8, 4) is 11.3 Å². The number of likely N-dealkylation sites (tertiary alicyclic amines) is 1. The van der Waals surface area contributed by atoms with Crippen LogP contribution < -0.4 is 5.32 Å². The van der Waals surface area contributed by atoms with Crippen molar-refractivity contribution in [3.05, 3.63) is 75.8 Å². The van der Waals surface area contributed by atoms with Gasteiger partial charge >= 0.3 is 0 Å². The number of rotatable bonds is 5. The molecule has 1 N–H and O–H groups in total. The number of piperidine rings is 1. The van der Waals surface area contributed by atoms with Gasteiger partial charge in [-0.15, -0.1) is 0 Å². The van der Waals surface area contributed by atoms with Crippen LogP contribution in [-0.2, 0) is 6.54 Å². The van der Waals surface area contributed by atoms with Crippen LogP contribution in [0.4, 0.5) is 13.2 Å². The topological polar surface area (TPSA) is 58.4 Å². The van der Waals surface area contributed by atoms with Gasteiger partial charge in [0.25, 0.3) is 5.91 Å². The van der Waals surface area contributed by atoms with E-state index in [4.69, 9.17) is 16.1 Å². The van der Waals surface area contributed by atoms with Gasteiger partial charge in [0.2, 0.25) is 0 Å². The molecule has 1 aliphatic heterocycles. The van der Waals surface area contributed by atoms with E-state index in [0.29, 0.717) is 38.0 Å². The van der Waals surface area contributed by atoms with Crippen molar-refractivity contribution < 1.29 is 22.5 Å². The van der Waals surface area contributed by atoms with E-state index in [2.05, 4.69) is 15.4 Å². The maximum atomic E-state index is 14.4. The summed E-state index contributed by atoms with van der Waals surface area (Å²) in [6.07, 6.45) is 1.35. The highest BCUT2D eigenvalue weighted by atomic mass is 35.5. The highest BCUT2D eigenvalue weighted by molar-refractivity contribution is 6.33. The molecule has 0 aliphatic carbocycles. The van der Waals surface area contributed by atoms with E-state index in [0.717, 1.165) is 6.07 Å². The van der Waals surface area contributed by atoms with Gasteiger partial charge in [0.15, 0.2) is 11.6 Å². The molecule has 0 atom stereocenters. The summed E-state index contributed by atoms with van der Waals surface area (Å²) in [6.45, 7) is 3.44. The van der Waals surface area contributed by atoms with Crippen LogP contribution in [0.1, 0.15) is 34.5 Å². The van der Waals surface area contributed by atoms with E-state index in [1.165, 1.54) is 24.3 Å². The van der Waals surface area contributed by atoms with Crippen molar-refractivity contribution >= 4 is 17.5 Å². The predicted molar refractivity (Wildman–Crippen MR) is 114 cm³/mol. The molecule has 3 aromatic rings. The van der Waals surface area contributed by atoms with Crippen LogP contribution in [0.3, 0.4) is 0 Å². The van der Waals surface area contributed by atoms with Crippen molar-refractivity contribution in [2.75, 3.05) is 13.1 Å². The first kappa shape index (κ1) is 22.4. The maximum absolute atomic E-state index is 14.4. The smallest absolute Gasteiger partial charge is 0.257 e. The SMILES string of the molecule is Cc1onc(-c2c(F)cccc2Cl)c1C(=O)NC1CCN(Cc2ccc(F)c(F)c2)CC1. The van der Waals surface area contributed by atoms with Crippen molar-refractivity contribution in [3.63, 3.8) is 0 Å². The Morgan fingerprint density at radius 1 is 1.16 bits per heavy atom. The lowest BCUT2D eigenvalue weighted by Crippen LogP contribution is -2.44. The molecule has 1 fully saturated rings. The van der Waals surface area contributed by atoms with E-state index in [9.17, 15) is 18.0 Å². The van der Waals surface area contributed by atoms with Crippen molar-refractivity contribution in [1.82, 2.24) is 15.4 Å². The van der Waals surface area contributed by atoms with E-state index in [1.807, 2.05) is 0 Å². The first-order valence-electron chi connectivity index (χ1n) is 10.2. The summed E-state index contributed by atoms with van der Waals surface area (Å²) in [7, 11) is 0. The lowest BCUT2D eigenvalue weighted by atomic mass is 10.0. The van der Waals surface area contributed by atoms with Gasteiger partial charge < -0.3 is 9.84 Å². The van der Waals surface area contributed by atoms with Crippen molar-refractivity contribution in [1.29, 1.82) is 0 Å². The Morgan fingerprint density at radius 2 is 1.91 bits per heavy atom. The molecule has 1 aliphatic rings. The Morgan fingerprint density at radius 3 is 2.59 bits per heavy atom. The van der Waals surface area contributed by atoms with Crippen LogP contribution in [-0.4, -0.2) is 35.1 Å². The Hall–Kier alpha value is -2.84. The normalized spacial score (nSPS) is 15.2. The Bertz CT molecular complexity index is 1120. The molecular formula is C23H21ClF3N3O2. The van der Waals surface area contributed by atoms with Crippen LogP contribution in [0.2, 0.25) is 5.02 Å². The number of nitrogens with one attached hydrogen (secondary N) is 1. The fraction of sp³-hybridized carbons (Fsp3) is 0.304. The fourth-order valence-corrected chi connectivity index (χ4v) is 4.18. The molecule has 32 heavy (non-hydrogen) atoms. The molecule has 9 heteroatoms. The number of nitrogens with zero attached hydrogens (tertiary/aromatic N) is 2. The minimum absolute atomic E-state index is 0.0255. The third kappa shape index (κ3) is 4.66. The number of carbonyl (C=O) groups excluding carboxylic acids is 1. The van der Waals surface area contributed by atoms with E-state index in [-0.39, 0.29) is 33.6 Å². The lowest BCUT2D eigenvalue weighted by Gasteiger charge is -2.32.